The van der Waals surface area contributed by atoms with E-state index in [1.165, 1.54) is 17.8 Å². The van der Waals surface area contributed by atoms with Gasteiger partial charge in [-0.25, -0.2) is 4.79 Å². The molecule has 6 heteroatoms. The number of hydrogen-bond acceptors (Lipinski definition) is 3. The molecule has 0 saturated carbocycles. The molecule has 4 nitrogen and oxygen atoms in total. The van der Waals surface area contributed by atoms with Crippen molar-refractivity contribution in [2.75, 3.05) is 11.1 Å². The van der Waals surface area contributed by atoms with Crippen LogP contribution in [0.15, 0.2) is 42.5 Å². The van der Waals surface area contributed by atoms with Crippen molar-refractivity contribution in [3.63, 3.8) is 0 Å². The van der Waals surface area contributed by atoms with Crippen LogP contribution in [-0.2, 0) is 10.5 Å². The number of halogens is 1. The Balaban J connectivity index is 1.86. The van der Waals surface area contributed by atoms with E-state index in [4.69, 9.17) is 16.7 Å². The van der Waals surface area contributed by atoms with Gasteiger partial charge in [0.1, 0.15) is 0 Å². The molecule has 2 N–H and O–H groups in total. The van der Waals surface area contributed by atoms with Crippen LogP contribution in [0.4, 0.5) is 5.69 Å². The summed E-state index contributed by atoms with van der Waals surface area (Å²) in [5, 5.41) is 12.5. The van der Waals surface area contributed by atoms with Gasteiger partial charge in [-0.15, -0.1) is 11.8 Å². The fourth-order valence-corrected chi connectivity index (χ4v) is 2.88. The number of thioether (sulfide) groups is 1. The normalized spacial score (nSPS) is 10.3. The van der Waals surface area contributed by atoms with Crippen LogP contribution >= 0.6 is 23.4 Å². The lowest BCUT2D eigenvalue weighted by Gasteiger charge is -2.08. The van der Waals surface area contributed by atoms with Crippen LogP contribution in [0.3, 0.4) is 0 Å². The molecule has 0 spiro atoms. The number of carbonyl (C=O) groups excluding carboxylic acids is 1. The van der Waals surface area contributed by atoms with Crippen LogP contribution < -0.4 is 5.32 Å². The van der Waals surface area contributed by atoms with Crippen LogP contribution in [0, 0.1) is 6.92 Å². The van der Waals surface area contributed by atoms with E-state index in [-0.39, 0.29) is 11.5 Å². The third-order valence-electron chi connectivity index (χ3n) is 3.17. The Morgan fingerprint density at radius 1 is 1.17 bits per heavy atom. The van der Waals surface area contributed by atoms with Gasteiger partial charge in [0.15, 0.2) is 0 Å². The van der Waals surface area contributed by atoms with Gasteiger partial charge in [-0.05, 0) is 42.3 Å². The minimum atomic E-state index is -1.00. The maximum atomic E-state index is 11.9. The first kappa shape index (κ1) is 17.4. The molecule has 2 aromatic rings. The number of carbonyl (C=O) groups is 2. The fraction of sp³-hybridized carbons (Fsp3) is 0.176. The van der Waals surface area contributed by atoms with Crippen molar-refractivity contribution in [2.24, 2.45) is 0 Å². The first-order valence-corrected chi connectivity index (χ1v) is 8.45. The summed E-state index contributed by atoms with van der Waals surface area (Å²) in [5.41, 5.74) is 2.44. The van der Waals surface area contributed by atoms with Gasteiger partial charge in [0.05, 0.1) is 11.3 Å². The lowest BCUT2D eigenvalue weighted by Crippen LogP contribution is -2.15. The summed E-state index contributed by atoms with van der Waals surface area (Å²) in [5.74, 6) is -0.169. The van der Waals surface area contributed by atoms with Crippen molar-refractivity contribution < 1.29 is 14.7 Å². The Kier molecular flexibility index (Phi) is 6.07. The van der Waals surface area contributed by atoms with E-state index in [1.807, 2.05) is 24.3 Å². The number of aryl methyl sites for hydroxylation is 1. The Labute approximate surface area is 143 Å². The van der Waals surface area contributed by atoms with Crippen molar-refractivity contribution in [3.8, 4) is 0 Å². The number of nitrogens with one attached hydrogen (secondary N) is 1. The number of amides is 1. The summed E-state index contributed by atoms with van der Waals surface area (Å²) in [7, 11) is 0. The smallest absolute Gasteiger partial charge is 0.336 e. The van der Waals surface area contributed by atoms with E-state index < -0.39 is 5.97 Å². The van der Waals surface area contributed by atoms with Gasteiger partial charge in [-0.2, -0.15) is 0 Å². The average molecular weight is 350 g/mol. The summed E-state index contributed by atoms with van der Waals surface area (Å²) >= 11 is 7.30. The van der Waals surface area contributed by atoms with Crippen molar-refractivity contribution >= 4 is 40.9 Å². The second-order valence-corrected chi connectivity index (χ2v) is 6.42. The number of anilines is 1. The zero-order chi connectivity index (χ0) is 16.8. The van der Waals surface area contributed by atoms with Crippen molar-refractivity contribution in [3.05, 3.63) is 64.2 Å². The molecule has 0 unspecified atom stereocenters. The molecule has 0 bridgehead atoms. The van der Waals surface area contributed by atoms with Gasteiger partial charge in [-0.1, -0.05) is 29.8 Å². The standard InChI is InChI=1S/C17H16ClNO3S/c1-11-2-7-14(8-15(11)17(21)22)19-16(20)10-23-9-12-3-5-13(18)6-4-12/h2-8H,9-10H2,1H3,(H,19,20)(H,21,22). The summed E-state index contributed by atoms with van der Waals surface area (Å²) in [6.45, 7) is 1.72. The average Bonchev–Trinajstić information content (AvgIpc) is 2.51. The van der Waals surface area contributed by atoms with Crippen molar-refractivity contribution in [1.29, 1.82) is 0 Å². The second kappa shape index (κ2) is 8.04. The van der Waals surface area contributed by atoms with Gasteiger partial charge >= 0.3 is 5.97 Å². The van der Waals surface area contributed by atoms with Crippen LogP contribution in [0.5, 0.6) is 0 Å². The monoisotopic (exact) mass is 349 g/mol. The molecule has 2 rings (SSSR count). The van der Waals surface area contributed by atoms with E-state index in [9.17, 15) is 9.59 Å². The van der Waals surface area contributed by atoms with E-state index in [0.29, 0.717) is 27.8 Å². The minimum absolute atomic E-state index is 0.163. The Hall–Kier alpha value is -1.98. The fourth-order valence-electron chi connectivity index (χ4n) is 1.97. The first-order valence-electron chi connectivity index (χ1n) is 6.91. The summed E-state index contributed by atoms with van der Waals surface area (Å²) in [6.07, 6.45) is 0. The van der Waals surface area contributed by atoms with Gasteiger partial charge in [0, 0.05) is 16.5 Å². The summed E-state index contributed by atoms with van der Waals surface area (Å²) in [6, 6.07) is 12.3. The lowest BCUT2D eigenvalue weighted by atomic mass is 10.1. The number of carboxylic acids is 1. The maximum Gasteiger partial charge on any atom is 0.336 e. The molecule has 0 heterocycles. The maximum absolute atomic E-state index is 11.9. The van der Waals surface area contributed by atoms with Crippen LogP contribution in [-0.4, -0.2) is 22.7 Å². The third-order valence-corrected chi connectivity index (χ3v) is 4.42. The highest BCUT2D eigenvalue weighted by molar-refractivity contribution is 7.99. The number of aromatic carboxylic acids is 1. The minimum Gasteiger partial charge on any atom is -0.478 e. The zero-order valence-corrected chi connectivity index (χ0v) is 14.1. The van der Waals surface area contributed by atoms with Crippen LogP contribution in [0.25, 0.3) is 0 Å². The van der Waals surface area contributed by atoms with E-state index in [1.54, 1.807) is 19.1 Å². The summed E-state index contributed by atoms with van der Waals surface area (Å²) in [4.78, 5) is 23.0. The molecule has 1 amide bonds. The predicted octanol–water partition coefficient (Wildman–Crippen LogP) is 4.22. The van der Waals surface area contributed by atoms with Gasteiger partial charge < -0.3 is 10.4 Å². The molecule has 0 saturated heterocycles. The van der Waals surface area contributed by atoms with E-state index in [0.717, 1.165) is 5.56 Å². The second-order valence-electron chi connectivity index (χ2n) is 5.00. The van der Waals surface area contributed by atoms with Crippen molar-refractivity contribution in [1.82, 2.24) is 0 Å². The molecule has 0 radical (unpaired) electrons. The summed E-state index contributed by atoms with van der Waals surface area (Å²) < 4.78 is 0. The molecule has 120 valence electrons. The Morgan fingerprint density at radius 2 is 1.87 bits per heavy atom. The quantitative estimate of drug-likeness (QED) is 0.819. The molecule has 0 aliphatic rings. The molecule has 2 aromatic carbocycles. The SMILES string of the molecule is Cc1ccc(NC(=O)CSCc2ccc(Cl)cc2)cc1C(=O)O. The highest BCUT2D eigenvalue weighted by atomic mass is 35.5. The van der Waals surface area contributed by atoms with Crippen LogP contribution in [0.2, 0.25) is 5.02 Å². The molecule has 0 atom stereocenters. The number of hydrogen-bond donors (Lipinski definition) is 2. The highest BCUT2D eigenvalue weighted by Gasteiger charge is 2.09. The number of rotatable bonds is 6. The highest BCUT2D eigenvalue weighted by Crippen LogP contribution is 2.18. The zero-order valence-electron chi connectivity index (χ0n) is 12.5. The van der Waals surface area contributed by atoms with Crippen molar-refractivity contribution in [2.45, 2.75) is 12.7 Å². The molecular formula is C17H16ClNO3S. The molecule has 0 fully saturated rings. The molecule has 0 aliphatic carbocycles. The van der Waals surface area contributed by atoms with Gasteiger partial charge in [-0.3, -0.25) is 4.79 Å². The Bertz CT molecular complexity index is 716. The third kappa shape index (κ3) is 5.30. The largest absolute Gasteiger partial charge is 0.478 e. The topological polar surface area (TPSA) is 66.4 Å². The number of benzene rings is 2. The molecule has 0 aromatic heterocycles. The van der Waals surface area contributed by atoms with Crippen LogP contribution in [0.1, 0.15) is 21.5 Å². The van der Waals surface area contributed by atoms with E-state index >= 15 is 0 Å². The Morgan fingerprint density at radius 3 is 2.52 bits per heavy atom. The first-order chi connectivity index (χ1) is 11.0. The van der Waals surface area contributed by atoms with E-state index in [2.05, 4.69) is 5.32 Å². The lowest BCUT2D eigenvalue weighted by molar-refractivity contribution is -0.113. The van der Waals surface area contributed by atoms with Gasteiger partial charge in [0.25, 0.3) is 0 Å². The molecular weight excluding hydrogens is 334 g/mol. The van der Waals surface area contributed by atoms with Gasteiger partial charge in [0.2, 0.25) is 5.91 Å². The number of carboxylic acid groups (broad SMARTS) is 1. The molecule has 0 aliphatic heterocycles. The molecule has 23 heavy (non-hydrogen) atoms. The predicted molar refractivity (Wildman–Crippen MR) is 94.4 cm³/mol.